The number of nitrogens with one attached hydrogen (secondary N) is 1. The number of anilines is 1. The van der Waals surface area contributed by atoms with Gasteiger partial charge in [-0.15, -0.1) is 5.10 Å². The Labute approximate surface area is 138 Å². The summed E-state index contributed by atoms with van der Waals surface area (Å²) in [5.74, 6) is -1.19. The van der Waals surface area contributed by atoms with Crippen molar-refractivity contribution in [1.29, 1.82) is 0 Å². The number of nitrogens with zero attached hydrogens (tertiary/aromatic N) is 4. The van der Waals surface area contributed by atoms with E-state index in [2.05, 4.69) is 20.4 Å². The number of aromatic nitrogens is 4. The van der Waals surface area contributed by atoms with Crippen molar-refractivity contribution in [3.63, 3.8) is 0 Å². The predicted molar refractivity (Wildman–Crippen MR) is 79.2 cm³/mol. The van der Waals surface area contributed by atoms with Crippen LogP contribution < -0.4 is 5.32 Å². The molecule has 25 heavy (non-hydrogen) atoms. The van der Waals surface area contributed by atoms with Gasteiger partial charge in [0.2, 0.25) is 0 Å². The molecule has 0 aliphatic rings. The molecule has 0 saturated carbocycles. The summed E-state index contributed by atoms with van der Waals surface area (Å²) in [5.41, 5.74) is 1.05. The van der Waals surface area contributed by atoms with Crippen molar-refractivity contribution in [3.05, 3.63) is 53.0 Å². The highest BCUT2D eigenvalue weighted by Gasteiger charge is 2.36. The molecule has 1 aromatic carbocycles. The molecule has 0 amide bonds. The summed E-state index contributed by atoms with van der Waals surface area (Å²) in [5, 5.41) is 6.35. The Morgan fingerprint density at radius 2 is 1.80 bits per heavy atom. The molecule has 0 unspecified atom stereocenters. The Morgan fingerprint density at radius 1 is 1.12 bits per heavy atom. The van der Waals surface area contributed by atoms with E-state index in [1.54, 1.807) is 6.92 Å². The highest BCUT2D eigenvalue weighted by molar-refractivity contribution is 5.46. The van der Waals surface area contributed by atoms with Gasteiger partial charge in [-0.1, -0.05) is 24.3 Å². The molecule has 0 fully saturated rings. The normalized spacial score (nSPS) is 12.1. The first-order valence-corrected chi connectivity index (χ1v) is 7.16. The lowest BCUT2D eigenvalue weighted by Gasteiger charge is -2.09. The van der Waals surface area contributed by atoms with E-state index >= 15 is 0 Å². The molecule has 0 atom stereocenters. The molecular weight excluding hydrogens is 345 g/mol. The van der Waals surface area contributed by atoms with Crippen molar-refractivity contribution in [2.75, 3.05) is 5.32 Å². The second kappa shape index (κ2) is 6.26. The minimum absolute atomic E-state index is 0.100. The molecule has 10 heteroatoms. The highest BCUT2D eigenvalue weighted by atomic mass is 19.4. The standard InChI is InChI=1S/C15H12F5N5/c1-8-6-11(21-7-9-2-4-10(5-3-9)12(16)17)25-14(22-8)23-13(24-25)15(18,19)20/h2-6,12,21H,7H2,1H3. The molecule has 2 heterocycles. The third kappa shape index (κ3) is 3.67. The SMILES string of the molecule is Cc1cc(NCc2ccc(C(F)F)cc2)n2nc(C(F)(F)F)nc2n1. The zero-order valence-electron chi connectivity index (χ0n) is 12.8. The lowest BCUT2D eigenvalue weighted by Crippen LogP contribution is -2.09. The number of benzene rings is 1. The van der Waals surface area contributed by atoms with Crippen LogP contribution >= 0.6 is 0 Å². The Morgan fingerprint density at radius 3 is 2.40 bits per heavy atom. The van der Waals surface area contributed by atoms with E-state index in [4.69, 9.17) is 0 Å². The first-order valence-electron chi connectivity index (χ1n) is 7.16. The number of hydrogen-bond donors (Lipinski definition) is 1. The number of aryl methyl sites for hydroxylation is 1. The van der Waals surface area contributed by atoms with Crippen molar-refractivity contribution in [2.45, 2.75) is 26.1 Å². The molecule has 0 bridgehead atoms. The maximum absolute atomic E-state index is 12.8. The summed E-state index contributed by atoms with van der Waals surface area (Å²) in [6.07, 6.45) is -7.23. The van der Waals surface area contributed by atoms with Gasteiger partial charge in [0, 0.05) is 23.9 Å². The molecule has 2 aromatic heterocycles. The van der Waals surface area contributed by atoms with Crippen molar-refractivity contribution >= 4 is 11.6 Å². The van der Waals surface area contributed by atoms with Gasteiger partial charge in [0.25, 0.3) is 18.0 Å². The highest BCUT2D eigenvalue weighted by Crippen LogP contribution is 2.27. The minimum atomic E-state index is -4.68. The quantitative estimate of drug-likeness (QED) is 0.717. The molecule has 3 rings (SSSR count). The fourth-order valence-electron chi connectivity index (χ4n) is 2.21. The number of hydrogen-bond acceptors (Lipinski definition) is 4. The van der Waals surface area contributed by atoms with E-state index in [-0.39, 0.29) is 23.7 Å². The van der Waals surface area contributed by atoms with Crippen LogP contribution in [0.1, 0.15) is 29.1 Å². The van der Waals surface area contributed by atoms with E-state index in [1.165, 1.54) is 30.3 Å². The molecule has 0 aliphatic carbocycles. The minimum Gasteiger partial charge on any atom is -0.366 e. The van der Waals surface area contributed by atoms with Gasteiger partial charge in [-0.05, 0) is 12.5 Å². The van der Waals surface area contributed by atoms with Gasteiger partial charge in [-0.3, -0.25) is 0 Å². The van der Waals surface area contributed by atoms with Gasteiger partial charge < -0.3 is 5.32 Å². The van der Waals surface area contributed by atoms with Gasteiger partial charge >= 0.3 is 6.18 Å². The first kappa shape index (κ1) is 17.1. The fourth-order valence-corrected chi connectivity index (χ4v) is 2.21. The zero-order chi connectivity index (χ0) is 18.2. The van der Waals surface area contributed by atoms with Crippen LogP contribution in [0.15, 0.2) is 30.3 Å². The first-order chi connectivity index (χ1) is 11.7. The van der Waals surface area contributed by atoms with E-state index < -0.39 is 18.4 Å². The molecule has 0 aliphatic heterocycles. The van der Waals surface area contributed by atoms with Crippen LogP contribution in [0.4, 0.5) is 27.8 Å². The third-order valence-corrected chi connectivity index (χ3v) is 3.40. The average Bonchev–Trinajstić information content (AvgIpc) is 2.97. The Bertz CT molecular complexity index is 886. The summed E-state index contributed by atoms with van der Waals surface area (Å²) < 4.78 is 64.3. The molecule has 5 nitrogen and oxygen atoms in total. The molecule has 0 radical (unpaired) electrons. The Balaban J connectivity index is 1.86. The smallest absolute Gasteiger partial charge is 0.366 e. The predicted octanol–water partition coefficient (Wildman–Crippen LogP) is 4.00. The van der Waals surface area contributed by atoms with Crippen molar-refractivity contribution in [1.82, 2.24) is 19.6 Å². The van der Waals surface area contributed by atoms with Crippen LogP contribution in [0.25, 0.3) is 5.78 Å². The van der Waals surface area contributed by atoms with E-state index in [0.717, 1.165) is 4.52 Å². The van der Waals surface area contributed by atoms with Crippen molar-refractivity contribution in [2.24, 2.45) is 0 Å². The largest absolute Gasteiger partial charge is 0.453 e. The average molecular weight is 357 g/mol. The summed E-state index contributed by atoms with van der Waals surface area (Å²) in [4.78, 5) is 7.31. The zero-order valence-corrected chi connectivity index (χ0v) is 12.8. The van der Waals surface area contributed by atoms with Gasteiger partial charge in [-0.25, -0.2) is 13.8 Å². The van der Waals surface area contributed by atoms with Crippen LogP contribution in [0.2, 0.25) is 0 Å². The molecular formula is C15H12F5N5. The van der Waals surface area contributed by atoms with Gasteiger partial charge in [-0.2, -0.15) is 22.7 Å². The molecule has 1 N–H and O–H groups in total. The Kier molecular flexibility index (Phi) is 4.27. The lowest BCUT2D eigenvalue weighted by molar-refractivity contribution is -0.144. The van der Waals surface area contributed by atoms with Crippen LogP contribution in [-0.2, 0) is 12.7 Å². The molecule has 0 saturated heterocycles. The molecule has 0 spiro atoms. The maximum Gasteiger partial charge on any atom is 0.453 e. The van der Waals surface area contributed by atoms with Crippen LogP contribution in [0.5, 0.6) is 0 Å². The van der Waals surface area contributed by atoms with Gasteiger partial charge in [0.1, 0.15) is 5.82 Å². The fraction of sp³-hybridized carbons (Fsp3) is 0.267. The van der Waals surface area contributed by atoms with Crippen molar-refractivity contribution < 1.29 is 22.0 Å². The number of alkyl halides is 5. The van der Waals surface area contributed by atoms with E-state index in [0.29, 0.717) is 11.3 Å². The van der Waals surface area contributed by atoms with Crippen LogP contribution in [-0.4, -0.2) is 19.6 Å². The molecule has 3 aromatic rings. The lowest BCUT2D eigenvalue weighted by atomic mass is 10.1. The van der Waals surface area contributed by atoms with Crippen LogP contribution in [0.3, 0.4) is 0 Å². The summed E-state index contributed by atoms with van der Waals surface area (Å²) in [6, 6.07) is 7.15. The third-order valence-electron chi connectivity index (χ3n) is 3.40. The van der Waals surface area contributed by atoms with Gasteiger partial charge in [0.15, 0.2) is 0 Å². The van der Waals surface area contributed by atoms with Crippen molar-refractivity contribution in [3.8, 4) is 0 Å². The number of halogens is 5. The van der Waals surface area contributed by atoms with Crippen LogP contribution in [0, 0.1) is 6.92 Å². The molecule has 132 valence electrons. The summed E-state index contributed by atoms with van der Waals surface area (Å²) in [6.45, 7) is 1.83. The number of fused-ring (bicyclic) bond motifs is 1. The Hall–Kier alpha value is -2.78. The van der Waals surface area contributed by atoms with E-state index in [1.807, 2.05) is 0 Å². The van der Waals surface area contributed by atoms with E-state index in [9.17, 15) is 22.0 Å². The van der Waals surface area contributed by atoms with Gasteiger partial charge in [0.05, 0.1) is 0 Å². The second-order valence-electron chi connectivity index (χ2n) is 5.32. The maximum atomic E-state index is 12.8. The summed E-state index contributed by atoms with van der Waals surface area (Å²) in [7, 11) is 0. The topological polar surface area (TPSA) is 55.1 Å². The monoisotopic (exact) mass is 357 g/mol. The number of rotatable bonds is 4. The second-order valence-corrected chi connectivity index (χ2v) is 5.32. The summed E-state index contributed by atoms with van der Waals surface area (Å²) >= 11 is 0.